The summed E-state index contributed by atoms with van der Waals surface area (Å²) in [5, 5.41) is 13.8. The average Bonchev–Trinajstić information content (AvgIpc) is 3.88. The topological polar surface area (TPSA) is 128 Å². The fourth-order valence-corrected chi connectivity index (χ4v) is 11.3. The van der Waals surface area contributed by atoms with E-state index >= 15 is 4.79 Å². The standard InChI is InChI=1S/C49H57N3O6S/c1-47(2,3)58-46(55)51-41(33-36-19-9-4-10-20-36)44(59(56,57)40-27-17-8-18-28-40)43(53)29-30-48(31-32-48)45(54)42-34-50-35-52(42)49(37-21-11-5-12-22-37,38-23-13-6-14-24-38)39-25-15-7-16-26-39/h5-8,11-18,21-28,34-36,41,43-44,53H,4,9-10,19-20,29-33H2,1-3H3,(H,51,55). The molecule has 0 aliphatic heterocycles. The van der Waals surface area contributed by atoms with Gasteiger partial charge in [-0.1, -0.05) is 141 Å². The van der Waals surface area contributed by atoms with E-state index in [2.05, 4.69) is 46.7 Å². The van der Waals surface area contributed by atoms with Crippen molar-refractivity contribution in [2.45, 2.75) is 118 Å². The summed E-state index contributed by atoms with van der Waals surface area (Å²) >= 11 is 0. The highest BCUT2D eigenvalue weighted by molar-refractivity contribution is 7.92. The zero-order valence-corrected chi connectivity index (χ0v) is 35.2. The number of imidazole rings is 1. The van der Waals surface area contributed by atoms with Crippen molar-refractivity contribution >= 4 is 21.7 Å². The number of amides is 1. The molecule has 9 nitrogen and oxygen atoms in total. The van der Waals surface area contributed by atoms with Gasteiger partial charge in [-0.3, -0.25) is 4.79 Å². The molecular weight excluding hydrogens is 759 g/mol. The number of aromatic nitrogens is 2. The molecule has 2 aliphatic rings. The van der Waals surface area contributed by atoms with Crippen molar-refractivity contribution in [3.05, 3.63) is 156 Å². The highest BCUT2D eigenvalue weighted by atomic mass is 32.2. The molecule has 1 amide bonds. The first kappa shape index (κ1) is 42.1. The summed E-state index contributed by atoms with van der Waals surface area (Å²) in [5.41, 5.74) is 0.725. The Bertz CT molecular complexity index is 2170. The summed E-state index contributed by atoms with van der Waals surface area (Å²) in [4.78, 5) is 33.2. The van der Waals surface area contributed by atoms with E-state index in [0.717, 1.165) is 48.8 Å². The molecule has 3 atom stereocenters. The number of nitrogens with one attached hydrogen (secondary N) is 1. The number of carbonyl (C=O) groups is 2. The molecule has 4 aromatic carbocycles. The minimum absolute atomic E-state index is 0.0367. The number of ketones is 1. The van der Waals surface area contributed by atoms with Crippen LogP contribution < -0.4 is 5.32 Å². The third-order valence-corrected chi connectivity index (χ3v) is 14.6. The van der Waals surface area contributed by atoms with E-state index in [1.54, 1.807) is 51.5 Å². The lowest BCUT2D eigenvalue weighted by atomic mass is 9.76. The van der Waals surface area contributed by atoms with Gasteiger partial charge in [-0.05, 0) is 87.6 Å². The van der Waals surface area contributed by atoms with Crippen molar-refractivity contribution in [3.63, 3.8) is 0 Å². The molecule has 3 unspecified atom stereocenters. The highest BCUT2D eigenvalue weighted by Gasteiger charge is 2.53. The second-order valence-electron chi connectivity index (χ2n) is 17.5. The number of hydrogen-bond acceptors (Lipinski definition) is 7. The van der Waals surface area contributed by atoms with Gasteiger partial charge in [0.15, 0.2) is 15.6 Å². The second kappa shape index (κ2) is 17.7. The minimum atomic E-state index is -4.19. The van der Waals surface area contributed by atoms with Gasteiger partial charge in [0.2, 0.25) is 0 Å². The quantitative estimate of drug-likeness (QED) is 0.0751. The van der Waals surface area contributed by atoms with E-state index < -0.39 is 49.9 Å². The third kappa shape index (κ3) is 9.09. The maximum absolute atomic E-state index is 15.1. The number of carbonyl (C=O) groups excluding carboxylic acids is 2. The van der Waals surface area contributed by atoms with E-state index in [1.807, 2.05) is 59.2 Å². The van der Waals surface area contributed by atoms with Crippen LogP contribution in [0.1, 0.15) is 112 Å². The lowest BCUT2D eigenvalue weighted by molar-refractivity contribution is 0.0468. The lowest BCUT2D eigenvalue weighted by Gasteiger charge is -2.38. The number of ether oxygens (including phenoxy) is 1. The number of sulfone groups is 1. The Balaban J connectivity index is 1.24. The van der Waals surface area contributed by atoms with Gasteiger partial charge >= 0.3 is 6.09 Å². The Morgan fingerprint density at radius 1 is 0.814 bits per heavy atom. The molecule has 0 saturated heterocycles. The summed E-state index contributed by atoms with van der Waals surface area (Å²) in [6, 6.07) is 37.5. The first-order chi connectivity index (χ1) is 28.3. The van der Waals surface area contributed by atoms with E-state index in [-0.39, 0.29) is 29.4 Å². The summed E-state index contributed by atoms with van der Waals surface area (Å²) in [6.45, 7) is 5.28. The SMILES string of the molecule is CC(C)(C)OC(=O)NC(CC1CCCCC1)C(C(O)CCC1(C(=O)c2cncn2C(c2ccccc2)(c2ccccc2)c2ccccc2)CC1)S(=O)(=O)c1ccccc1. The number of aliphatic hydroxyl groups is 1. The van der Waals surface area contributed by atoms with Crippen molar-refractivity contribution in [2.75, 3.05) is 0 Å². The van der Waals surface area contributed by atoms with Crippen LogP contribution in [0.25, 0.3) is 0 Å². The molecule has 0 radical (unpaired) electrons. The predicted octanol–water partition coefficient (Wildman–Crippen LogP) is 9.53. The molecule has 10 heteroatoms. The lowest BCUT2D eigenvalue weighted by Crippen LogP contribution is -2.54. The average molecular weight is 816 g/mol. The Morgan fingerprint density at radius 3 is 1.81 bits per heavy atom. The number of Topliss-reactive ketones (excluding diaryl/α,β-unsaturated/α-hetero) is 1. The molecule has 2 N–H and O–H groups in total. The summed E-state index contributed by atoms with van der Waals surface area (Å²) in [5.74, 6) is 0.0857. The molecule has 310 valence electrons. The Labute approximate surface area is 349 Å². The second-order valence-corrected chi connectivity index (χ2v) is 19.6. The fourth-order valence-electron chi connectivity index (χ4n) is 9.26. The summed E-state index contributed by atoms with van der Waals surface area (Å²) in [6.07, 6.45) is 8.14. The minimum Gasteiger partial charge on any atom is -0.444 e. The monoisotopic (exact) mass is 815 g/mol. The largest absolute Gasteiger partial charge is 0.444 e. The van der Waals surface area contributed by atoms with Gasteiger partial charge < -0.3 is 19.7 Å². The molecular formula is C49H57N3O6S. The number of hydrogen-bond donors (Lipinski definition) is 2. The third-order valence-electron chi connectivity index (χ3n) is 12.3. The Kier molecular flexibility index (Phi) is 12.6. The van der Waals surface area contributed by atoms with Crippen molar-refractivity contribution in [3.8, 4) is 0 Å². The molecule has 1 heterocycles. The van der Waals surface area contributed by atoms with Gasteiger partial charge in [-0.2, -0.15) is 0 Å². The van der Waals surface area contributed by atoms with Gasteiger partial charge in [-0.15, -0.1) is 0 Å². The first-order valence-corrected chi connectivity index (χ1v) is 22.6. The van der Waals surface area contributed by atoms with Crippen LogP contribution in [-0.4, -0.2) is 57.9 Å². The summed E-state index contributed by atoms with van der Waals surface area (Å²) in [7, 11) is -4.19. The van der Waals surface area contributed by atoms with Crippen LogP contribution in [0.15, 0.2) is 139 Å². The first-order valence-electron chi connectivity index (χ1n) is 21.1. The van der Waals surface area contributed by atoms with Crippen LogP contribution in [0.3, 0.4) is 0 Å². The van der Waals surface area contributed by atoms with Crippen LogP contribution in [0, 0.1) is 11.3 Å². The molecule has 2 aliphatic carbocycles. The number of nitrogens with zero attached hydrogens (tertiary/aromatic N) is 2. The number of rotatable bonds is 16. The van der Waals surface area contributed by atoms with Gasteiger partial charge in [-0.25, -0.2) is 18.2 Å². The molecule has 0 bridgehead atoms. The summed E-state index contributed by atoms with van der Waals surface area (Å²) < 4.78 is 37.1. The van der Waals surface area contributed by atoms with Crippen molar-refractivity contribution in [1.29, 1.82) is 0 Å². The molecule has 1 aromatic heterocycles. The van der Waals surface area contributed by atoms with Crippen molar-refractivity contribution in [2.24, 2.45) is 11.3 Å². The van der Waals surface area contributed by atoms with E-state index in [1.165, 1.54) is 12.1 Å². The van der Waals surface area contributed by atoms with Crippen LogP contribution in [0.5, 0.6) is 0 Å². The van der Waals surface area contributed by atoms with Crippen molar-refractivity contribution in [1.82, 2.24) is 14.9 Å². The van der Waals surface area contributed by atoms with Crippen LogP contribution in [-0.2, 0) is 20.1 Å². The molecule has 59 heavy (non-hydrogen) atoms. The van der Waals surface area contributed by atoms with Gasteiger partial charge in [0.25, 0.3) is 0 Å². The molecule has 2 saturated carbocycles. The highest BCUT2D eigenvalue weighted by Crippen LogP contribution is 2.53. The van der Waals surface area contributed by atoms with Gasteiger partial charge in [0.1, 0.15) is 22.1 Å². The number of benzene rings is 4. The van der Waals surface area contributed by atoms with Gasteiger partial charge in [0, 0.05) is 5.41 Å². The van der Waals surface area contributed by atoms with Gasteiger partial charge in [0.05, 0.1) is 29.6 Å². The van der Waals surface area contributed by atoms with E-state index in [9.17, 15) is 18.3 Å². The molecule has 2 fully saturated rings. The maximum atomic E-state index is 15.1. The van der Waals surface area contributed by atoms with E-state index in [4.69, 9.17) is 4.74 Å². The predicted molar refractivity (Wildman–Crippen MR) is 230 cm³/mol. The zero-order valence-electron chi connectivity index (χ0n) is 34.4. The molecule has 0 spiro atoms. The number of aliphatic hydroxyl groups excluding tert-OH is 1. The Hall–Kier alpha value is -5.06. The normalized spacial score (nSPS) is 17.4. The zero-order chi connectivity index (χ0) is 41.7. The smallest absolute Gasteiger partial charge is 0.407 e. The number of alkyl carbamates (subject to hydrolysis) is 1. The van der Waals surface area contributed by atoms with Crippen LogP contribution >= 0.6 is 0 Å². The van der Waals surface area contributed by atoms with Crippen LogP contribution in [0.2, 0.25) is 0 Å². The van der Waals surface area contributed by atoms with Crippen molar-refractivity contribution < 1.29 is 27.9 Å². The molecule has 7 rings (SSSR count). The maximum Gasteiger partial charge on any atom is 0.407 e. The van der Waals surface area contributed by atoms with Crippen LogP contribution in [0.4, 0.5) is 4.79 Å². The van der Waals surface area contributed by atoms with E-state index in [0.29, 0.717) is 25.0 Å². The molecule has 5 aromatic rings. The fraction of sp³-hybridized carbons (Fsp3) is 0.408. The Morgan fingerprint density at radius 2 is 1.32 bits per heavy atom.